The second-order valence-corrected chi connectivity index (χ2v) is 10.2. The van der Waals surface area contributed by atoms with E-state index in [0.717, 1.165) is 18.7 Å². The highest BCUT2D eigenvalue weighted by molar-refractivity contribution is 8.76. The van der Waals surface area contributed by atoms with Gasteiger partial charge in [0.2, 0.25) is 5.91 Å². The van der Waals surface area contributed by atoms with E-state index in [9.17, 15) is 4.79 Å². The van der Waals surface area contributed by atoms with Gasteiger partial charge in [-0.05, 0) is 18.8 Å². The molecule has 0 saturated carbocycles. The Hall–Kier alpha value is 0.170. The molecule has 0 unspecified atom stereocenters. The average molecular weight is 390 g/mol. The molecule has 0 aliphatic rings. The van der Waals surface area contributed by atoms with E-state index in [0.29, 0.717) is 12.3 Å². The molecule has 1 amide bonds. The third-order valence-electron chi connectivity index (χ3n) is 4.37. The molecule has 0 spiro atoms. The van der Waals surface area contributed by atoms with Crippen molar-refractivity contribution in [3.05, 3.63) is 0 Å². The number of hydrogen-bond acceptors (Lipinski definition) is 3. The zero-order chi connectivity index (χ0) is 18.6. The van der Waals surface area contributed by atoms with E-state index in [-0.39, 0.29) is 5.91 Å². The quantitative estimate of drug-likeness (QED) is 0.186. The Bertz CT molecular complexity index is 285. The van der Waals surface area contributed by atoms with E-state index >= 15 is 0 Å². The van der Waals surface area contributed by atoms with Gasteiger partial charge in [-0.2, -0.15) is 0 Å². The van der Waals surface area contributed by atoms with E-state index in [1.54, 1.807) is 0 Å². The first kappa shape index (κ1) is 25.2. The first-order chi connectivity index (χ1) is 12.2. The van der Waals surface area contributed by atoms with Crippen LogP contribution >= 0.6 is 21.6 Å². The lowest BCUT2D eigenvalue weighted by molar-refractivity contribution is -0.121. The number of amides is 1. The van der Waals surface area contributed by atoms with E-state index in [1.807, 2.05) is 21.6 Å². The minimum absolute atomic E-state index is 0.213. The van der Waals surface area contributed by atoms with E-state index in [1.165, 1.54) is 76.4 Å². The maximum atomic E-state index is 11.6. The zero-order valence-corrected chi connectivity index (χ0v) is 18.7. The number of hydrogen-bond donors (Lipinski definition) is 1. The van der Waals surface area contributed by atoms with Crippen LogP contribution in [0.3, 0.4) is 0 Å². The van der Waals surface area contributed by atoms with Crippen LogP contribution in [0, 0.1) is 5.92 Å². The highest BCUT2D eigenvalue weighted by Crippen LogP contribution is 2.22. The summed E-state index contributed by atoms with van der Waals surface area (Å²) in [5.74, 6) is 3.10. The minimum atomic E-state index is 0.213. The first-order valence-electron chi connectivity index (χ1n) is 10.7. The zero-order valence-electron chi connectivity index (χ0n) is 17.1. The van der Waals surface area contributed by atoms with Gasteiger partial charge < -0.3 is 5.32 Å². The number of carbonyl (C=O) groups excluding carboxylic acids is 1. The van der Waals surface area contributed by atoms with Crippen molar-refractivity contribution in [2.24, 2.45) is 5.92 Å². The van der Waals surface area contributed by atoms with Gasteiger partial charge in [0, 0.05) is 24.5 Å². The van der Waals surface area contributed by atoms with Gasteiger partial charge in [-0.1, -0.05) is 107 Å². The van der Waals surface area contributed by atoms with Crippen LogP contribution < -0.4 is 5.32 Å². The van der Waals surface area contributed by atoms with Crippen LogP contribution in [-0.2, 0) is 4.79 Å². The Morgan fingerprint density at radius 1 is 0.800 bits per heavy atom. The molecule has 0 saturated heterocycles. The maximum Gasteiger partial charge on any atom is 0.220 e. The van der Waals surface area contributed by atoms with Crippen LogP contribution in [0.4, 0.5) is 0 Å². The van der Waals surface area contributed by atoms with Crippen molar-refractivity contribution in [2.45, 2.75) is 104 Å². The predicted octanol–water partition coefficient (Wildman–Crippen LogP) is 7.23. The lowest BCUT2D eigenvalue weighted by atomic mass is 10.1. The second kappa shape index (κ2) is 20.5. The van der Waals surface area contributed by atoms with Crippen LogP contribution in [0.5, 0.6) is 0 Å². The molecule has 0 rings (SSSR count). The molecule has 4 heteroatoms. The molecule has 0 atom stereocenters. The van der Waals surface area contributed by atoms with Crippen molar-refractivity contribution in [3.8, 4) is 0 Å². The molecule has 0 bridgehead atoms. The number of nitrogens with one attached hydrogen (secondary N) is 1. The Morgan fingerprint density at radius 3 is 1.88 bits per heavy atom. The van der Waals surface area contributed by atoms with Crippen molar-refractivity contribution in [3.63, 3.8) is 0 Å². The van der Waals surface area contributed by atoms with Crippen LogP contribution in [0.2, 0.25) is 0 Å². The molecular weight excluding hydrogens is 346 g/mol. The molecule has 150 valence electrons. The molecule has 0 fully saturated rings. The van der Waals surface area contributed by atoms with Gasteiger partial charge in [-0.3, -0.25) is 4.79 Å². The van der Waals surface area contributed by atoms with Gasteiger partial charge in [0.25, 0.3) is 0 Å². The third kappa shape index (κ3) is 22.1. The van der Waals surface area contributed by atoms with Crippen molar-refractivity contribution in [2.75, 3.05) is 18.1 Å². The molecule has 2 nitrogen and oxygen atoms in total. The Labute approximate surface area is 165 Å². The Balaban J connectivity index is 3.08. The summed E-state index contributed by atoms with van der Waals surface area (Å²) in [6.07, 6.45) is 17.2. The summed E-state index contributed by atoms with van der Waals surface area (Å²) in [5, 5.41) is 3.01. The molecule has 0 radical (unpaired) electrons. The molecule has 0 aliphatic heterocycles. The summed E-state index contributed by atoms with van der Waals surface area (Å²) in [6.45, 7) is 7.42. The molecule has 1 N–H and O–H groups in total. The third-order valence-corrected chi connectivity index (χ3v) is 6.86. The van der Waals surface area contributed by atoms with Gasteiger partial charge in [0.05, 0.1) is 0 Å². The molecule has 0 heterocycles. The van der Waals surface area contributed by atoms with Crippen LogP contribution in [-0.4, -0.2) is 24.0 Å². The van der Waals surface area contributed by atoms with E-state index in [2.05, 4.69) is 26.1 Å². The van der Waals surface area contributed by atoms with Crippen LogP contribution in [0.25, 0.3) is 0 Å². The van der Waals surface area contributed by atoms with Crippen LogP contribution in [0.15, 0.2) is 0 Å². The predicted molar refractivity (Wildman–Crippen MR) is 118 cm³/mol. The molecular formula is C21H43NOS2. The number of carbonyl (C=O) groups is 1. The fourth-order valence-electron chi connectivity index (χ4n) is 2.68. The summed E-state index contributed by atoms with van der Waals surface area (Å²) >= 11 is 0. The summed E-state index contributed by atoms with van der Waals surface area (Å²) in [6, 6.07) is 0. The van der Waals surface area contributed by atoms with Crippen molar-refractivity contribution >= 4 is 27.5 Å². The lowest BCUT2D eigenvalue weighted by Crippen LogP contribution is -2.25. The lowest BCUT2D eigenvalue weighted by Gasteiger charge is -2.06. The van der Waals surface area contributed by atoms with E-state index < -0.39 is 0 Å². The molecule has 0 aliphatic carbocycles. The molecule has 0 aromatic heterocycles. The van der Waals surface area contributed by atoms with Gasteiger partial charge in [0.15, 0.2) is 0 Å². The normalized spacial score (nSPS) is 11.2. The average Bonchev–Trinajstić information content (AvgIpc) is 2.59. The number of unbranched alkanes of at least 4 members (excludes halogenated alkanes) is 10. The van der Waals surface area contributed by atoms with Gasteiger partial charge in [0.1, 0.15) is 0 Å². The summed E-state index contributed by atoms with van der Waals surface area (Å²) < 4.78 is 0. The highest BCUT2D eigenvalue weighted by atomic mass is 33.1. The fourth-order valence-corrected chi connectivity index (χ4v) is 4.74. The van der Waals surface area contributed by atoms with Crippen LogP contribution in [0.1, 0.15) is 104 Å². The summed E-state index contributed by atoms with van der Waals surface area (Å²) in [5.41, 5.74) is 0. The Morgan fingerprint density at radius 2 is 1.32 bits per heavy atom. The second-order valence-electron chi connectivity index (χ2n) is 7.46. The largest absolute Gasteiger partial charge is 0.355 e. The van der Waals surface area contributed by atoms with Crippen molar-refractivity contribution in [1.82, 2.24) is 5.32 Å². The maximum absolute atomic E-state index is 11.6. The smallest absolute Gasteiger partial charge is 0.220 e. The van der Waals surface area contributed by atoms with Crippen molar-refractivity contribution < 1.29 is 4.79 Å². The molecule has 25 heavy (non-hydrogen) atoms. The van der Waals surface area contributed by atoms with Gasteiger partial charge in [-0.25, -0.2) is 0 Å². The molecule has 0 aromatic carbocycles. The minimum Gasteiger partial charge on any atom is -0.355 e. The highest BCUT2D eigenvalue weighted by Gasteiger charge is 2.02. The fraction of sp³-hybridized carbons (Fsp3) is 0.952. The monoisotopic (exact) mass is 389 g/mol. The van der Waals surface area contributed by atoms with Crippen molar-refractivity contribution in [1.29, 1.82) is 0 Å². The van der Waals surface area contributed by atoms with Gasteiger partial charge in [-0.15, -0.1) is 0 Å². The topological polar surface area (TPSA) is 29.1 Å². The first-order valence-corrected chi connectivity index (χ1v) is 13.2. The van der Waals surface area contributed by atoms with Gasteiger partial charge >= 0.3 is 0 Å². The van der Waals surface area contributed by atoms with E-state index in [4.69, 9.17) is 0 Å². The Kier molecular flexibility index (Phi) is 20.6. The summed E-state index contributed by atoms with van der Waals surface area (Å²) in [7, 11) is 3.87. The summed E-state index contributed by atoms with van der Waals surface area (Å²) in [4.78, 5) is 11.6. The SMILES string of the molecule is CCCCCCCCCCCCCSSCCNC(=O)CCC(C)C. The number of rotatable bonds is 19. The molecule has 0 aromatic rings. The standard InChI is InChI=1S/C21H43NOS2/c1-4-5-6-7-8-9-10-11-12-13-14-18-24-25-19-17-22-21(23)16-15-20(2)3/h20H,4-19H2,1-3H3,(H,22,23).